The van der Waals surface area contributed by atoms with Crippen molar-refractivity contribution < 1.29 is 30.2 Å². The van der Waals surface area contributed by atoms with Crippen LogP contribution in [0.5, 0.6) is 5.75 Å². The van der Waals surface area contributed by atoms with Crippen LogP contribution in [0.4, 0.5) is 13.2 Å². The first-order valence-corrected chi connectivity index (χ1v) is 15.3. The van der Waals surface area contributed by atoms with E-state index in [9.17, 15) is 21.6 Å². The molecule has 0 N–H and O–H groups in total. The molecule has 0 heterocycles. The second-order valence-corrected chi connectivity index (χ2v) is 15.8. The van der Waals surface area contributed by atoms with Crippen molar-refractivity contribution in [1.29, 1.82) is 0 Å². The lowest BCUT2D eigenvalue weighted by molar-refractivity contribution is -0.0522. The minimum atomic E-state index is -5.74. The average molecular weight is 547 g/mol. The van der Waals surface area contributed by atoms with Gasteiger partial charge >= 0.3 is 23.9 Å². The molecule has 0 saturated carbocycles. The molecule has 0 unspecified atom stereocenters. The van der Waals surface area contributed by atoms with Crippen molar-refractivity contribution >= 4 is 34.9 Å². The van der Waals surface area contributed by atoms with Crippen LogP contribution in [-0.2, 0) is 20.7 Å². The van der Waals surface area contributed by atoms with Gasteiger partial charge < -0.3 is 8.61 Å². The highest BCUT2D eigenvalue weighted by Gasteiger charge is 2.52. The quantitative estimate of drug-likeness (QED) is 0.211. The first-order chi connectivity index (χ1) is 17.4. The molecule has 37 heavy (non-hydrogen) atoms. The molecule has 4 rings (SSSR count). The molecule has 0 aliphatic heterocycles. The number of rotatable bonds is 6. The summed E-state index contributed by atoms with van der Waals surface area (Å²) in [5, 5.41) is 1.90. The summed E-state index contributed by atoms with van der Waals surface area (Å²) in [5.74, 6) is 0.404. The van der Waals surface area contributed by atoms with Crippen molar-refractivity contribution in [2.24, 2.45) is 0 Å². The first kappa shape index (κ1) is 27.0. The van der Waals surface area contributed by atoms with Crippen molar-refractivity contribution in [3.8, 4) is 5.75 Å². The van der Waals surface area contributed by atoms with Crippen molar-refractivity contribution in [3.05, 3.63) is 95.7 Å². The van der Waals surface area contributed by atoms with E-state index in [1.807, 2.05) is 42.5 Å². The van der Waals surface area contributed by atoms with Crippen LogP contribution in [0.15, 0.2) is 84.6 Å². The van der Waals surface area contributed by atoms with Crippen LogP contribution < -0.4 is 14.8 Å². The lowest BCUT2D eigenvalue weighted by atomic mass is 10.0. The Hall–Kier alpha value is -3.04. The highest BCUT2D eigenvalue weighted by atomic mass is 32.2. The minimum Gasteiger partial charge on any atom is -0.534 e. The van der Waals surface area contributed by atoms with Gasteiger partial charge in [-0.2, -0.15) is 21.6 Å². The Kier molecular flexibility index (Phi) is 7.31. The fourth-order valence-electron chi connectivity index (χ4n) is 4.83. The highest BCUT2D eigenvalue weighted by Crippen LogP contribution is 2.40. The summed E-state index contributed by atoms with van der Waals surface area (Å²) in [6, 6.07) is 25.6. The largest absolute Gasteiger partial charge is 0.534 e. The molecular weight excluding hydrogens is 517 g/mol. The molecule has 0 aromatic heterocycles. The van der Waals surface area contributed by atoms with E-state index in [0.717, 1.165) is 15.9 Å². The number of allylic oxidation sites excluding steroid dienone is 1. The van der Waals surface area contributed by atoms with Crippen LogP contribution in [0, 0.1) is 0 Å². The summed E-state index contributed by atoms with van der Waals surface area (Å²) < 4.78 is 73.6. The zero-order chi connectivity index (χ0) is 26.9. The predicted octanol–water partition coefficient (Wildman–Crippen LogP) is 6.17. The van der Waals surface area contributed by atoms with Gasteiger partial charge in [0.05, 0.1) is 0 Å². The summed E-state index contributed by atoms with van der Waals surface area (Å²) in [7, 11) is -8.68. The molecule has 0 saturated heterocycles. The van der Waals surface area contributed by atoms with Crippen LogP contribution in [-0.4, -0.2) is 22.2 Å². The van der Waals surface area contributed by atoms with Crippen LogP contribution in [0.3, 0.4) is 0 Å². The second-order valence-electron chi connectivity index (χ2n) is 10.0. The summed E-state index contributed by atoms with van der Waals surface area (Å²) in [6.07, 6.45) is 2.35. The van der Waals surface area contributed by atoms with E-state index in [2.05, 4.69) is 49.2 Å². The van der Waals surface area contributed by atoms with Gasteiger partial charge in [0.25, 0.3) is 0 Å². The third kappa shape index (κ3) is 5.33. The van der Waals surface area contributed by atoms with Gasteiger partial charge in [-0.05, 0) is 46.0 Å². The van der Waals surface area contributed by atoms with E-state index in [1.54, 1.807) is 12.1 Å². The lowest BCUT2D eigenvalue weighted by Crippen LogP contribution is -2.68. The van der Waals surface area contributed by atoms with E-state index >= 15 is 0 Å². The van der Waals surface area contributed by atoms with Crippen LogP contribution >= 0.6 is 0 Å². The smallest absolute Gasteiger partial charge is 0.534 e. The van der Waals surface area contributed by atoms with Gasteiger partial charge in [-0.1, -0.05) is 93.6 Å². The van der Waals surface area contributed by atoms with E-state index in [0.29, 0.717) is 24.2 Å². The number of hydrogen-bond donors (Lipinski definition) is 0. The zero-order valence-corrected chi connectivity index (χ0v) is 22.7. The van der Waals surface area contributed by atoms with E-state index < -0.39 is 23.9 Å². The Balaban J connectivity index is 1.85. The molecule has 0 spiro atoms. The fourth-order valence-corrected chi connectivity index (χ4v) is 9.79. The van der Waals surface area contributed by atoms with E-state index in [-0.39, 0.29) is 17.2 Å². The Labute approximate surface area is 217 Å². The maximum atomic E-state index is 12.9. The molecule has 1 aliphatic rings. The summed E-state index contributed by atoms with van der Waals surface area (Å²) in [6.45, 7) is 6.48. The van der Waals surface area contributed by atoms with Gasteiger partial charge in [-0.3, -0.25) is 0 Å². The Morgan fingerprint density at radius 2 is 1.35 bits per heavy atom. The molecule has 9 heteroatoms. The molecule has 0 amide bonds. The number of fused-ring (bicyclic) bond motifs is 1. The van der Waals surface area contributed by atoms with Crippen LogP contribution in [0.25, 0.3) is 6.08 Å². The molecule has 3 aromatic rings. The average Bonchev–Trinajstić information content (AvgIpc) is 3.04. The molecule has 0 atom stereocenters. The Morgan fingerprint density at radius 3 is 1.86 bits per heavy atom. The number of halogens is 3. The third-order valence-corrected chi connectivity index (χ3v) is 12.4. The minimum absolute atomic E-state index is 0.0582. The molecule has 0 radical (unpaired) electrons. The monoisotopic (exact) mass is 546 g/mol. The van der Waals surface area contributed by atoms with Crippen molar-refractivity contribution in [3.63, 3.8) is 0 Å². The third-order valence-electron chi connectivity index (χ3n) is 6.52. The molecule has 4 nitrogen and oxygen atoms in total. The van der Waals surface area contributed by atoms with E-state index in [4.69, 9.17) is 4.43 Å². The van der Waals surface area contributed by atoms with Crippen LogP contribution in [0.1, 0.15) is 44.7 Å². The molecule has 0 fully saturated rings. The molecule has 1 aliphatic carbocycles. The molecular formula is C28H29F3O4SSi. The summed E-state index contributed by atoms with van der Waals surface area (Å²) in [5.41, 5.74) is -4.09. The number of benzene rings is 3. The predicted molar refractivity (Wildman–Crippen MR) is 142 cm³/mol. The summed E-state index contributed by atoms with van der Waals surface area (Å²) >= 11 is 0. The van der Waals surface area contributed by atoms with Gasteiger partial charge in [0.2, 0.25) is 0 Å². The lowest BCUT2D eigenvalue weighted by Gasteiger charge is -2.43. The van der Waals surface area contributed by atoms with Gasteiger partial charge in [-0.25, -0.2) is 0 Å². The first-order valence-electron chi connectivity index (χ1n) is 12.0. The maximum absolute atomic E-state index is 12.9. The van der Waals surface area contributed by atoms with Crippen LogP contribution in [0.2, 0.25) is 5.04 Å². The van der Waals surface area contributed by atoms with Crippen molar-refractivity contribution in [2.45, 2.75) is 50.6 Å². The fraction of sp³-hybridized carbons (Fsp3) is 0.286. The van der Waals surface area contributed by atoms with Gasteiger partial charge in [0.1, 0.15) is 11.5 Å². The maximum Gasteiger partial charge on any atom is 0.534 e. The standard InChI is InChI=1S/C28H29F3O4SSi/c1-27(2,3)37(23-14-6-4-7-15-23,24-16-8-5-9-17-24)35-26-19-10-12-21-20-22(13-11-18-25(21)26)34-36(32,33)28(29,30)31/h4-10,12,14-17,19-20H,11,13,18H2,1-3H3. The zero-order valence-electron chi connectivity index (χ0n) is 20.9. The van der Waals surface area contributed by atoms with Gasteiger partial charge in [0, 0.05) is 12.0 Å². The number of hydrogen-bond acceptors (Lipinski definition) is 4. The highest BCUT2D eigenvalue weighted by molar-refractivity contribution is 7.87. The topological polar surface area (TPSA) is 52.6 Å². The Bertz CT molecular complexity index is 1340. The number of alkyl halides is 3. The SMILES string of the molecule is CC(C)(C)[Si](Oc1cccc2c1CCCC(OS(=O)(=O)C(F)(F)F)=C2)(c1ccccc1)c1ccccc1. The van der Waals surface area contributed by atoms with Crippen molar-refractivity contribution in [1.82, 2.24) is 0 Å². The van der Waals surface area contributed by atoms with E-state index in [1.165, 1.54) is 6.08 Å². The van der Waals surface area contributed by atoms with Gasteiger partial charge in [0.15, 0.2) is 0 Å². The summed E-state index contributed by atoms with van der Waals surface area (Å²) in [4.78, 5) is 0. The molecule has 196 valence electrons. The van der Waals surface area contributed by atoms with Gasteiger partial charge in [-0.15, -0.1) is 0 Å². The molecule has 3 aromatic carbocycles. The molecule has 0 bridgehead atoms. The van der Waals surface area contributed by atoms with Crippen molar-refractivity contribution in [2.75, 3.05) is 0 Å². The normalized spacial score (nSPS) is 14.8. The Morgan fingerprint density at radius 1 is 0.784 bits per heavy atom. The second kappa shape index (κ2) is 10.0.